The van der Waals surface area contributed by atoms with Crippen molar-refractivity contribution in [3.05, 3.63) is 20.8 Å². The average Bonchev–Trinajstić information content (AvgIpc) is 2.62. The van der Waals surface area contributed by atoms with Crippen LogP contribution in [0.5, 0.6) is 0 Å². The van der Waals surface area contributed by atoms with Crippen molar-refractivity contribution in [1.82, 2.24) is 10.6 Å². The molecule has 0 spiro atoms. The summed E-state index contributed by atoms with van der Waals surface area (Å²) in [4.78, 5) is 1.39. The number of hydrogen-bond acceptors (Lipinski definition) is 3. The van der Waals surface area contributed by atoms with E-state index < -0.39 is 0 Å². The van der Waals surface area contributed by atoms with Crippen molar-refractivity contribution in [3.8, 4) is 0 Å². The minimum Gasteiger partial charge on any atom is -0.316 e. The Hall–Kier alpha value is 0.1000. The molecule has 92 valence electrons. The van der Waals surface area contributed by atoms with Gasteiger partial charge in [0, 0.05) is 11.4 Å². The van der Waals surface area contributed by atoms with Crippen molar-refractivity contribution < 1.29 is 0 Å². The number of halogens is 1. The van der Waals surface area contributed by atoms with Gasteiger partial charge in [0.05, 0.1) is 3.79 Å². The SMILES string of the molecule is CC(C)CNCCCNCc1ccc(Br)s1. The predicted octanol–water partition coefficient (Wildman–Crippen LogP) is 3.24. The van der Waals surface area contributed by atoms with Crippen molar-refractivity contribution >= 4 is 27.3 Å². The second kappa shape index (κ2) is 8.23. The molecule has 2 nitrogen and oxygen atoms in total. The van der Waals surface area contributed by atoms with Crippen LogP contribution in [0.2, 0.25) is 0 Å². The lowest BCUT2D eigenvalue weighted by Crippen LogP contribution is -2.24. The fraction of sp³-hybridized carbons (Fsp3) is 0.667. The number of rotatable bonds is 8. The summed E-state index contributed by atoms with van der Waals surface area (Å²) in [6.07, 6.45) is 1.19. The van der Waals surface area contributed by atoms with Gasteiger partial charge in [-0.1, -0.05) is 13.8 Å². The lowest BCUT2D eigenvalue weighted by atomic mass is 10.2. The molecule has 0 unspecified atom stereocenters. The minimum atomic E-state index is 0.747. The summed E-state index contributed by atoms with van der Waals surface area (Å²) in [6.45, 7) is 8.78. The molecule has 1 rings (SSSR count). The molecular weight excluding hydrogens is 284 g/mol. The third-order valence-electron chi connectivity index (χ3n) is 2.19. The first kappa shape index (κ1) is 14.2. The summed E-state index contributed by atoms with van der Waals surface area (Å²) in [5.74, 6) is 0.747. The fourth-order valence-corrected chi connectivity index (χ4v) is 2.84. The Morgan fingerprint density at radius 1 is 1.25 bits per heavy atom. The van der Waals surface area contributed by atoms with Gasteiger partial charge in [0.25, 0.3) is 0 Å². The molecule has 0 atom stereocenters. The molecule has 0 saturated carbocycles. The van der Waals surface area contributed by atoms with E-state index >= 15 is 0 Å². The van der Waals surface area contributed by atoms with Gasteiger partial charge in [0.1, 0.15) is 0 Å². The van der Waals surface area contributed by atoms with Gasteiger partial charge in [-0.25, -0.2) is 0 Å². The Balaban J connectivity index is 1.92. The minimum absolute atomic E-state index is 0.747. The van der Waals surface area contributed by atoms with E-state index in [9.17, 15) is 0 Å². The second-order valence-electron chi connectivity index (χ2n) is 4.33. The van der Waals surface area contributed by atoms with Crippen molar-refractivity contribution in [2.75, 3.05) is 19.6 Å². The number of hydrogen-bond donors (Lipinski definition) is 2. The third-order valence-corrected chi connectivity index (χ3v) is 3.81. The first-order valence-electron chi connectivity index (χ1n) is 5.84. The highest BCUT2D eigenvalue weighted by atomic mass is 79.9. The molecular formula is C12H21BrN2S. The van der Waals surface area contributed by atoms with Crippen molar-refractivity contribution in [2.24, 2.45) is 5.92 Å². The van der Waals surface area contributed by atoms with E-state index in [0.29, 0.717) is 0 Å². The standard InChI is InChI=1S/C12H21BrN2S/c1-10(2)8-14-6-3-7-15-9-11-4-5-12(13)16-11/h4-5,10,14-15H,3,6-9H2,1-2H3. The van der Waals surface area contributed by atoms with Crippen LogP contribution in [0.1, 0.15) is 25.1 Å². The lowest BCUT2D eigenvalue weighted by Gasteiger charge is -2.07. The van der Waals surface area contributed by atoms with E-state index in [1.807, 2.05) is 0 Å². The van der Waals surface area contributed by atoms with Crippen LogP contribution in [0.15, 0.2) is 15.9 Å². The highest BCUT2D eigenvalue weighted by molar-refractivity contribution is 9.11. The topological polar surface area (TPSA) is 24.1 Å². The van der Waals surface area contributed by atoms with Crippen LogP contribution in [-0.4, -0.2) is 19.6 Å². The molecule has 1 heterocycles. The van der Waals surface area contributed by atoms with Gasteiger partial charge in [0.2, 0.25) is 0 Å². The number of nitrogens with one attached hydrogen (secondary N) is 2. The molecule has 0 amide bonds. The largest absolute Gasteiger partial charge is 0.316 e. The summed E-state index contributed by atoms with van der Waals surface area (Å²) in [7, 11) is 0. The maximum Gasteiger partial charge on any atom is 0.0701 e. The third kappa shape index (κ3) is 6.63. The van der Waals surface area contributed by atoms with Gasteiger partial charge in [-0.3, -0.25) is 0 Å². The van der Waals surface area contributed by atoms with Crippen molar-refractivity contribution in [2.45, 2.75) is 26.8 Å². The Labute approximate surface area is 111 Å². The Morgan fingerprint density at radius 2 is 2.00 bits per heavy atom. The van der Waals surface area contributed by atoms with E-state index in [1.54, 1.807) is 11.3 Å². The Morgan fingerprint density at radius 3 is 2.62 bits per heavy atom. The normalized spacial score (nSPS) is 11.2. The molecule has 0 aliphatic heterocycles. The molecule has 2 N–H and O–H groups in total. The number of thiophene rings is 1. The molecule has 0 aliphatic rings. The quantitative estimate of drug-likeness (QED) is 0.721. The predicted molar refractivity (Wildman–Crippen MR) is 76.1 cm³/mol. The summed E-state index contributed by atoms with van der Waals surface area (Å²) in [6, 6.07) is 4.27. The van der Waals surface area contributed by atoms with E-state index in [4.69, 9.17) is 0 Å². The molecule has 0 saturated heterocycles. The van der Waals surface area contributed by atoms with Crippen LogP contribution in [0.3, 0.4) is 0 Å². The van der Waals surface area contributed by atoms with Crippen LogP contribution in [0.4, 0.5) is 0 Å². The molecule has 0 bridgehead atoms. The highest BCUT2D eigenvalue weighted by Gasteiger charge is 1.96. The second-order valence-corrected chi connectivity index (χ2v) is 6.88. The zero-order chi connectivity index (χ0) is 11.8. The zero-order valence-electron chi connectivity index (χ0n) is 10.1. The van der Waals surface area contributed by atoms with Crippen LogP contribution in [-0.2, 0) is 6.54 Å². The monoisotopic (exact) mass is 304 g/mol. The van der Waals surface area contributed by atoms with Gasteiger partial charge in [-0.2, -0.15) is 0 Å². The van der Waals surface area contributed by atoms with Gasteiger partial charge < -0.3 is 10.6 Å². The highest BCUT2D eigenvalue weighted by Crippen LogP contribution is 2.21. The van der Waals surface area contributed by atoms with E-state index in [0.717, 1.165) is 32.1 Å². The van der Waals surface area contributed by atoms with Crippen LogP contribution >= 0.6 is 27.3 Å². The molecule has 0 aliphatic carbocycles. The zero-order valence-corrected chi connectivity index (χ0v) is 12.5. The first-order valence-corrected chi connectivity index (χ1v) is 7.45. The smallest absolute Gasteiger partial charge is 0.0701 e. The Bertz CT molecular complexity index is 286. The summed E-state index contributed by atoms with van der Waals surface area (Å²) < 4.78 is 1.21. The fourth-order valence-electron chi connectivity index (χ4n) is 1.39. The average molecular weight is 305 g/mol. The van der Waals surface area contributed by atoms with Gasteiger partial charge in [-0.15, -0.1) is 11.3 Å². The van der Waals surface area contributed by atoms with Crippen LogP contribution < -0.4 is 10.6 Å². The summed E-state index contributed by atoms with van der Waals surface area (Å²) in [5, 5.41) is 6.90. The maximum atomic E-state index is 3.47. The van der Waals surface area contributed by atoms with Gasteiger partial charge >= 0.3 is 0 Å². The van der Waals surface area contributed by atoms with E-state index in [-0.39, 0.29) is 0 Å². The summed E-state index contributed by atoms with van der Waals surface area (Å²) >= 11 is 5.27. The molecule has 0 fully saturated rings. The van der Waals surface area contributed by atoms with Gasteiger partial charge in [0.15, 0.2) is 0 Å². The van der Waals surface area contributed by atoms with Crippen molar-refractivity contribution in [3.63, 3.8) is 0 Å². The molecule has 0 radical (unpaired) electrons. The van der Waals surface area contributed by atoms with E-state index in [2.05, 4.69) is 52.5 Å². The summed E-state index contributed by atoms with van der Waals surface area (Å²) in [5.41, 5.74) is 0. The lowest BCUT2D eigenvalue weighted by molar-refractivity contribution is 0.531. The van der Waals surface area contributed by atoms with Gasteiger partial charge in [-0.05, 0) is 60.0 Å². The molecule has 1 aromatic rings. The van der Waals surface area contributed by atoms with E-state index in [1.165, 1.54) is 15.1 Å². The molecule has 16 heavy (non-hydrogen) atoms. The Kier molecular flexibility index (Phi) is 7.28. The molecule has 1 aromatic heterocycles. The molecule has 4 heteroatoms. The first-order chi connectivity index (χ1) is 7.68. The maximum absolute atomic E-state index is 3.47. The van der Waals surface area contributed by atoms with Crippen LogP contribution in [0.25, 0.3) is 0 Å². The van der Waals surface area contributed by atoms with Crippen LogP contribution in [0, 0.1) is 5.92 Å². The molecule has 0 aromatic carbocycles. The van der Waals surface area contributed by atoms with Crippen molar-refractivity contribution in [1.29, 1.82) is 0 Å².